The van der Waals surface area contributed by atoms with E-state index in [-0.39, 0.29) is 6.54 Å². The topological polar surface area (TPSA) is 54.3 Å². The average molecular weight is 340 g/mol. The summed E-state index contributed by atoms with van der Waals surface area (Å²) in [7, 11) is 0. The molecule has 0 aliphatic rings. The van der Waals surface area contributed by atoms with Crippen LogP contribution in [0.3, 0.4) is 0 Å². The van der Waals surface area contributed by atoms with Crippen LogP contribution < -0.4 is 10.6 Å². The van der Waals surface area contributed by atoms with Crippen LogP contribution in [0, 0.1) is 13.8 Å². The van der Waals surface area contributed by atoms with Gasteiger partial charge in [-0.25, -0.2) is 4.79 Å². The zero-order chi connectivity index (χ0) is 17.9. The van der Waals surface area contributed by atoms with Gasteiger partial charge in [-0.2, -0.15) is 13.2 Å². The molecule has 0 aliphatic heterocycles. The number of aryl methyl sites for hydroxylation is 2. The standard InChI is InChI=1S/C17H19F3N2O2/c1-10-7-14(12(3)24-10)9-21-16(23)22-11(2)13-5-4-6-15(8-13)17(18,19)20/h4-8,11H,9H2,1-3H3,(H2,21,22,23). The lowest BCUT2D eigenvalue weighted by Crippen LogP contribution is -2.36. The number of hydrogen-bond acceptors (Lipinski definition) is 2. The van der Waals surface area contributed by atoms with Crippen molar-refractivity contribution in [3.63, 3.8) is 0 Å². The highest BCUT2D eigenvalue weighted by atomic mass is 19.4. The SMILES string of the molecule is Cc1cc(CNC(=O)NC(C)c2cccc(C(F)(F)F)c2)c(C)o1. The normalized spacial score (nSPS) is 12.8. The van der Waals surface area contributed by atoms with Crippen LogP contribution in [0.1, 0.15) is 41.2 Å². The molecule has 2 rings (SSSR count). The predicted octanol–water partition coefficient (Wildman–Crippen LogP) is 4.48. The Morgan fingerprint density at radius 2 is 1.96 bits per heavy atom. The van der Waals surface area contributed by atoms with E-state index in [1.165, 1.54) is 6.07 Å². The van der Waals surface area contributed by atoms with E-state index in [4.69, 9.17) is 4.42 Å². The lowest BCUT2D eigenvalue weighted by molar-refractivity contribution is -0.137. The summed E-state index contributed by atoms with van der Waals surface area (Å²) in [5.41, 5.74) is 0.503. The molecule has 0 spiro atoms. The molecule has 1 unspecified atom stereocenters. The van der Waals surface area contributed by atoms with E-state index >= 15 is 0 Å². The number of carbonyl (C=O) groups is 1. The highest BCUT2D eigenvalue weighted by Gasteiger charge is 2.30. The van der Waals surface area contributed by atoms with Gasteiger partial charge in [-0.3, -0.25) is 0 Å². The molecular formula is C17H19F3N2O2. The van der Waals surface area contributed by atoms with E-state index in [2.05, 4.69) is 10.6 Å². The lowest BCUT2D eigenvalue weighted by atomic mass is 10.1. The molecule has 0 saturated heterocycles. The maximum Gasteiger partial charge on any atom is 0.416 e. The molecule has 0 radical (unpaired) electrons. The Kier molecular flexibility index (Phi) is 5.21. The molecule has 1 heterocycles. The summed E-state index contributed by atoms with van der Waals surface area (Å²) >= 11 is 0. The summed E-state index contributed by atoms with van der Waals surface area (Å²) in [6, 6.07) is 5.72. The second-order valence-electron chi connectivity index (χ2n) is 5.61. The molecule has 0 saturated carbocycles. The molecule has 2 N–H and O–H groups in total. The van der Waals surface area contributed by atoms with Crippen LogP contribution in [0.2, 0.25) is 0 Å². The number of carbonyl (C=O) groups excluding carboxylic acids is 1. The number of rotatable bonds is 4. The van der Waals surface area contributed by atoms with Gasteiger partial charge in [0.2, 0.25) is 0 Å². The lowest BCUT2D eigenvalue weighted by Gasteiger charge is -2.16. The van der Waals surface area contributed by atoms with E-state index < -0.39 is 23.8 Å². The van der Waals surface area contributed by atoms with Gasteiger partial charge in [-0.05, 0) is 44.5 Å². The van der Waals surface area contributed by atoms with Crippen LogP contribution in [0.5, 0.6) is 0 Å². The monoisotopic (exact) mass is 340 g/mol. The number of hydrogen-bond donors (Lipinski definition) is 2. The number of amides is 2. The number of furan rings is 1. The average Bonchev–Trinajstić information content (AvgIpc) is 2.82. The number of benzene rings is 1. The second-order valence-corrected chi connectivity index (χ2v) is 5.61. The molecule has 0 fully saturated rings. The number of alkyl halides is 3. The molecule has 7 heteroatoms. The van der Waals surface area contributed by atoms with E-state index in [0.717, 1.165) is 29.2 Å². The molecule has 1 atom stereocenters. The van der Waals surface area contributed by atoms with Gasteiger partial charge < -0.3 is 15.1 Å². The van der Waals surface area contributed by atoms with Crippen LogP contribution in [0.15, 0.2) is 34.7 Å². The molecule has 1 aromatic heterocycles. The summed E-state index contributed by atoms with van der Waals surface area (Å²) in [6.07, 6.45) is -4.41. The first-order valence-electron chi connectivity index (χ1n) is 7.44. The smallest absolute Gasteiger partial charge is 0.416 e. The number of halogens is 3. The Labute approximate surface area is 138 Å². The van der Waals surface area contributed by atoms with Crippen molar-refractivity contribution in [3.05, 3.63) is 58.5 Å². The van der Waals surface area contributed by atoms with E-state index in [9.17, 15) is 18.0 Å². The zero-order valence-electron chi connectivity index (χ0n) is 13.6. The molecule has 1 aromatic carbocycles. The van der Waals surface area contributed by atoms with Crippen molar-refractivity contribution in [3.8, 4) is 0 Å². The Hall–Kier alpha value is -2.44. The van der Waals surface area contributed by atoms with Crippen LogP contribution in [-0.2, 0) is 12.7 Å². The third-order valence-electron chi connectivity index (χ3n) is 3.64. The third-order valence-corrected chi connectivity index (χ3v) is 3.64. The minimum absolute atomic E-state index is 0.282. The molecule has 2 amide bonds. The van der Waals surface area contributed by atoms with Crippen molar-refractivity contribution in [2.45, 2.75) is 39.5 Å². The molecule has 0 bridgehead atoms. The zero-order valence-corrected chi connectivity index (χ0v) is 13.6. The van der Waals surface area contributed by atoms with Gasteiger partial charge in [0.1, 0.15) is 11.5 Å². The van der Waals surface area contributed by atoms with E-state index in [1.807, 2.05) is 13.0 Å². The van der Waals surface area contributed by atoms with Gasteiger partial charge in [0.25, 0.3) is 0 Å². The Morgan fingerprint density at radius 3 is 2.54 bits per heavy atom. The summed E-state index contributed by atoms with van der Waals surface area (Å²) in [5, 5.41) is 5.29. The minimum atomic E-state index is -4.41. The molecule has 130 valence electrons. The van der Waals surface area contributed by atoms with Crippen molar-refractivity contribution < 1.29 is 22.4 Å². The fourth-order valence-corrected chi connectivity index (χ4v) is 2.35. The molecule has 24 heavy (non-hydrogen) atoms. The molecule has 2 aromatic rings. The minimum Gasteiger partial charge on any atom is -0.466 e. The second kappa shape index (κ2) is 6.98. The van der Waals surface area contributed by atoms with Crippen LogP contribution >= 0.6 is 0 Å². The van der Waals surface area contributed by atoms with Crippen molar-refractivity contribution in [2.75, 3.05) is 0 Å². The van der Waals surface area contributed by atoms with Crippen molar-refractivity contribution >= 4 is 6.03 Å². The van der Waals surface area contributed by atoms with Crippen LogP contribution in [-0.4, -0.2) is 6.03 Å². The maximum absolute atomic E-state index is 12.7. The van der Waals surface area contributed by atoms with E-state index in [1.54, 1.807) is 19.9 Å². The number of urea groups is 1. The Balaban J connectivity index is 1.95. The van der Waals surface area contributed by atoms with Gasteiger partial charge in [0.05, 0.1) is 11.6 Å². The fourth-order valence-electron chi connectivity index (χ4n) is 2.35. The summed E-state index contributed by atoms with van der Waals surface area (Å²) in [4.78, 5) is 11.9. The molecular weight excluding hydrogens is 321 g/mol. The van der Waals surface area contributed by atoms with Crippen molar-refractivity contribution in [1.29, 1.82) is 0 Å². The van der Waals surface area contributed by atoms with Gasteiger partial charge >= 0.3 is 12.2 Å². The third kappa shape index (κ3) is 4.53. The van der Waals surface area contributed by atoms with Gasteiger partial charge in [0.15, 0.2) is 0 Å². The predicted molar refractivity (Wildman–Crippen MR) is 83.4 cm³/mol. The molecule has 4 nitrogen and oxygen atoms in total. The highest BCUT2D eigenvalue weighted by Crippen LogP contribution is 2.30. The highest BCUT2D eigenvalue weighted by molar-refractivity contribution is 5.74. The first-order chi connectivity index (χ1) is 11.2. The Morgan fingerprint density at radius 1 is 1.25 bits per heavy atom. The largest absolute Gasteiger partial charge is 0.466 e. The maximum atomic E-state index is 12.7. The first kappa shape index (κ1) is 17.9. The molecule has 0 aliphatic carbocycles. The quantitative estimate of drug-likeness (QED) is 0.862. The van der Waals surface area contributed by atoms with Gasteiger partial charge in [0, 0.05) is 12.1 Å². The number of nitrogens with one attached hydrogen (secondary N) is 2. The van der Waals surface area contributed by atoms with Crippen LogP contribution in [0.25, 0.3) is 0 Å². The van der Waals surface area contributed by atoms with Crippen LogP contribution in [0.4, 0.5) is 18.0 Å². The van der Waals surface area contributed by atoms with E-state index in [0.29, 0.717) is 5.56 Å². The van der Waals surface area contributed by atoms with Crippen molar-refractivity contribution in [1.82, 2.24) is 10.6 Å². The summed E-state index contributed by atoms with van der Waals surface area (Å²) in [6.45, 7) is 5.52. The van der Waals surface area contributed by atoms with Gasteiger partial charge in [-0.1, -0.05) is 12.1 Å². The Bertz CT molecular complexity index is 723. The fraction of sp³-hybridized carbons (Fsp3) is 0.353. The summed E-state index contributed by atoms with van der Waals surface area (Å²) in [5.74, 6) is 1.47. The van der Waals surface area contributed by atoms with Gasteiger partial charge in [-0.15, -0.1) is 0 Å². The summed E-state index contributed by atoms with van der Waals surface area (Å²) < 4.78 is 43.6. The first-order valence-corrected chi connectivity index (χ1v) is 7.44. The van der Waals surface area contributed by atoms with Crippen molar-refractivity contribution in [2.24, 2.45) is 0 Å².